The maximum absolute atomic E-state index is 12.9. The number of fused-ring (bicyclic) bond motifs is 4. The number of pyridine rings is 2. The van der Waals surface area contributed by atoms with E-state index in [9.17, 15) is 9.59 Å². The SMILES string of the molecule is O=c1[nH]c(=O)n(C2CCNCC2)c2c1cnc1ccc(-c3ccc4[nH]ncc4c3)nc12. The Morgan fingerprint density at radius 2 is 1.90 bits per heavy atom. The fourth-order valence-electron chi connectivity index (χ4n) is 4.47. The molecule has 1 fully saturated rings. The van der Waals surface area contributed by atoms with Gasteiger partial charge in [-0.1, -0.05) is 6.07 Å². The van der Waals surface area contributed by atoms with Crippen molar-refractivity contribution in [1.82, 2.24) is 35.0 Å². The lowest BCUT2D eigenvalue weighted by atomic mass is 10.1. The van der Waals surface area contributed by atoms with E-state index in [4.69, 9.17) is 4.98 Å². The summed E-state index contributed by atoms with van der Waals surface area (Å²) >= 11 is 0. The van der Waals surface area contributed by atoms with Crippen LogP contribution in [0.1, 0.15) is 18.9 Å². The quantitative estimate of drug-likeness (QED) is 0.381. The Morgan fingerprint density at radius 3 is 2.77 bits per heavy atom. The van der Waals surface area contributed by atoms with Gasteiger partial charge in [0.25, 0.3) is 5.56 Å². The van der Waals surface area contributed by atoms with E-state index in [-0.39, 0.29) is 6.04 Å². The van der Waals surface area contributed by atoms with Gasteiger partial charge in [0.2, 0.25) is 0 Å². The van der Waals surface area contributed by atoms with Crippen molar-refractivity contribution >= 4 is 32.8 Å². The number of piperidine rings is 1. The monoisotopic (exact) mass is 413 g/mol. The first-order chi connectivity index (χ1) is 15.2. The third-order valence-corrected chi connectivity index (χ3v) is 6.02. The number of nitrogens with one attached hydrogen (secondary N) is 3. The summed E-state index contributed by atoms with van der Waals surface area (Å²) < 4.78 is 1.71. The van der Waals surface area contributed by atoms with Gasteiger partial charge in [-0.05, 0) is 50.2 Å². The van der Waals surface area contributed by atoms with Gasteiger partial charge >= 0.3 is 5.69 Å². The minimum Gasteiger partial charge on any atom is -0.317 e. The molecule has 0 atom stereocenters. The number of aromatic nitrogens is 6. The van der Waals surface area contributed by atoms with Gasteiger partial charge in [0.1, 0.15) is 5.52 Å². The molecule has 0 unspecified atom stereocenters. The minimum absolute atomic E-state index is 0.00793. The summed E-state index contributed by atoms with van der Waals surface area (Å²) in [6.07, 6.45) is 4.92. The fraction of sp³-hybridized carbons (Fsp3) is 0.227. The van der Waals surface area contributed by atoms with Crippen LogP contribution >= 0.6 is 0 Å². The number of hydrogen-bond acceptors (Lipinski definition) is 6. The predicted octanol–water partition coefficient (Wildman–Crippen LogP) is 2.10. The van der Waals surface area contributed by atoms with Gasteiger partial charge in [-0.25, -0.2) is 9.78 Å². The van der Waals surface area contributed by atoms with Crippen molar-refractivity contribution in [3.05, 3.63) is 63.6 Å². The number of rotatable bonds is 2. The van der Waals surface area contributed by atoms with Crippen LogP contribution in [-0.2, 0) is 0 Å². The maximum atomic E-state index is 12.9. The highest BCUT2D eigenvalue weighted by molar-refractivity contribution is 6.01. The zero-order chi connectivity index (χ0) is 20.9. The standard InChI is InChI=1S/C22H19N7O2/c30-21-15-11-24-18-4-3-16(12-1-2-17-13(9-12)10-25-28-17)26-19(18)20(15)29(22(31)27-21)14-5-7-23-8-6-14/h1-4,9-11,14,23H,5-8H2,(H,25,28)(H,27,30,31). The summed E-state index contributed by atoms with van der Waals surface area (Å²) in [4.78, 5) is 37.3. The van der Waals surface area contributed by atoms with Crippen LogP contribution in [0.15, 0.2) is 52.3 Å². The molecule has 6 rings (SSSR count). The molecular formula is C22H19N7O2. The van der Waals surface area contributed by atoms with E-state index in [2.05, 4.69) is 25.5 Å². The van der Waals surface area contributed by atoms with Crippen molar-refractivity contribution in [2.24, 2.45) is 0 Å². The van der Waals surface area contributed by atoms with E-state index in [0.29, 0.717) is 21.9 Å². The van der Waals surface area contributed by atoms with Crippen LogP contribution in [0.4, 0.5) is 0 Å². The van der Waals surface area contributed by atoms with E-state index < -0.39 is 11.2 Å². The van der Waals surface area contributed by atoms with Gasteiger partial charge < -0.3 is 5.32 Å². The molecular weight excluding hydrogens is 394 g/mol. The van der Waals surface area contributed by atoms with E-state index in [1.807, 2.05) is 30.3 Å². The van der Waals surface area contributed by atoms with Crippen LogP contribution in [0.5, 0.6) is 0 Å². The zero-order valence-corrected chi connectivity index (χ0v) is 16.6. The molecule has 1 aliphatic rings. The molecule has 1 aromatic carbocycles. The average molecular weight is 413 g/mol. The Bertz CT molecular complexity index is 1570. The zero-order valence-electron chi connectivity index (χ0n) is 16.6. The first-order valence-electron chi connectivity index (χ1n) is 10.3. The predicted molar refractivity (Wildman–Crippen MR) is 118 cm³/mol. The van der Waals surface area contributed by atoms with Gasteiger partial charge in [0.15, 0.2) is 0 Å². The van der Waals surface area contributed by atoms with E-state index in [1.54, 1.807) is 10.8 Å². The lowest BCUT2D eigenvalue weighted by molar-refractivity contribution is 0.365. The molecule has 0 amide bonds. The van der Waals surface area contributed by atoms with Gasteiger partial charge in [0.05, 0.1) is 33.8 Å². The molecule has 0 saturated carbocycles. The summed E-state index contributed by atoms with van der Waals surface area (Å²) in [6, 6.07) is 9.72. The van der Waals surface area contributed by atoms with Crippen molar-refractivity contribution in [2.45, 2.75) is 18.9 Å². The Morgan fingerprint density at radius 1 is 1.03 bits per heavy atom. The van der Waals surface area contributed by atoms with Crippen molar-refractivity contribution in [2.75, 3.05) is 13.1 Å². The summed E-state index contributed by atoms with van der Waals surface area (Å²) in [5, 5.41) is 11.7. The molecule has 4 aromatic heterocycles. The van der Waals surface area contributed by atoms with E-state index in [0.717, 1.165) is 48.1 Å². The van der Waals surface area contributed by atoms with Gasteiger partial charge in [-0.2, -0.15) is 5.10 Å². The second kappa shape index (κ2) is 6.85. The highest BCUT2D eigenvalue weighted by atomic mass is 16.2. The third kappa shape index (κ3) is 2.85. The van der Waals surface area contributed by atoms with Crippen LogP contribution in [0, 0.1) is 0 Å². The second-order valence-electron chi connectivity index (χ2n) is 7.87. The summed E-state index contributed by atoms with van der Waals surface area (Å²) in [7, 11) is 0. The molecule has 3 N–H and O–H groups in total. The fourth-order valence-corrected chi connectivity index (χ4v) is 4.47. The molecule has 0 radical (unpaired) electrons. The largest absolute Gasteiger partial charge is 0.329 e. The molecule has 31 heavy (non-hydrogen) atoms. The van der Waals surface area contributed by atoms with E-state index in [1.165, 1.54) is 6.20 Å². The molecule has 5 heterocycles. The smallest absolute Gasteiger partial charge is 0.317 e. The Hall–Kier alpha value is -3.85. The Balaban J connectivity index is 1.66. The molecule has 0 spiro atoms. The first kappa shape index (κ1) is 18.0. The van der Waals surface area contributed by atoms with Crippen LogP contribution < -0.4 is 16.6 Å². The molecule has 5 aromatic rings. The number of hydrogen-bond donors (Lipinski definition) is 3. The number of nitrogens with zero attached hydrogens (tertiary/aromatic N) is 4. The van der Waals surface area contributed by atoms with E-state index >= 15 is 0 Å². The lowest BCUT2D eigenvalue weighted by Gasteiger charge is -2.26. The van der Waals surface area contributed by atoms with Crippen molar-refractivity contribution in [3.8, 4) is 11.3 Å². The normalized spacial score (nSPS) is 15.2. The summed E-state index contributed by atoms with van der Waals surface area (Å²) in [6.45, 7) is 1.65. The van der Waals surface area contributed by atoms with Crippen LogP contribution in [0.25, 0.3) is 44.1 Å². The van der Waals surface area contributed by atoms with Crippen molar-refractivity contribution in [3.63, 3.8) is 0 Å². The molecule has 1 saturated heterocycles. The first-order valence-corrected chi connectivity index (χ1v) is 10.3. The van der Waals surface area contributed by atoms with Gasteiger partial charge in [-0.3, -0.25) is 24.4 Å². The molecule has 9 heteroatoms. The molecule has 0 bridgehead atoms. The van der Waals surface area contributed by atoms with Crippen LogP contribution in [-0.4, -0.2) is 42.8 Å². The average Bonchev–Trinajstić information content (AvgIpc) is 3.27. The van der Waals surface area contributed by atoms with Crippen LogP contribution in [0.2, 0.25) is 0 Å². The summed E-state index contributed by atoms with van der Waals surface area (Å²) in [5.74, 6) is 0. The van der Waals surface area contributed by atoms with Gasteiger partial charge in [0, 0.05) is 23.2 Å². The van der Waals surface area contributed by atoms with Crippen molar-refractivity contribution < 1.29 is 0 Å². The Labute approximate surface area is 175 Å². The highest BCUT2D eigenvalue weighted by Crippen LogP contribution is 2.28. The van der Waals surface area contributed by atoms with Crippen molar-refractivity contribution in [1.29, 1.82) is 0 Å². The van der Waals surface area contributed by atoms with Gasteiger partial charge in [-0.15, -0.1) is 0 Å². The Kier molecular flexibility index (Phi) is 3.97. The lowest BCUT2D eigenvalue weighted by Crippen LogP contribution is -2.38. The maximum Gasteiger partial charge on any atom is 0.329 e. The third-order valence-electron chi connectivity index (χ3n) is 6.02. The number of H-pyrrole nitrogens is 2. The number of aromatic amines is 2. The molecule has 0 aliphatic carbocycles. The highest BCUT2D eigenvalue weighted by Gasteiger charge is 2.22. The van der Waals surface area contributed by atoms with Crippen LogP contribution in [0.3, 0.4) is 0 Å². The molecule has 1 aliphatic heterocycles. The second-order valence-corrected chi connectivity index (χ2v) is 7.87. The molecule has 154 valence electrons. The topological polar surface area (TPSA) is 121 Å². The minimum atomic E-state index is -0.438. The molecule has 9 nitrogen and oxygen atoms in total. The summed E-state index contributed by atoms with van der Waals surface area (Å²) in [5.41, 5.74) is 3.54. The number of benzene rings is 1.